The Kier molecular flexibility index (Phi) is 5.39. The Labute approximate surface area is 179 Å². The second-order valence-electron chi connectivity index (χ2n) is 12.4. The van der Waals surface area contributed by atoms with Crippen molar-refractivity contribution in [3.63, 3.8) is 0 Å². The molecule has 0 unspecified atom stereocenters. The van der Waals surface area contributed by atoms with Gasteiger partial charge in [0.25, 0.3) is 0 Å². The number of rotatable bonds is 2. The van der Waals surface area contributed by atoms with Crippen LogP contribution in [0.15, 0.2) is 35.9 Å². The molecule has 0 bridgehead atoms. The van der Waals surface area contributed by atoms with Crippen molar-refractivity contribution in [2.24, 2.45) is 5.41 Å². The molecule has 0 spiro atoms. The average Bonchev–Trinajstić information content (AvgIpc) is 2.90. The van der Waals surface area contributed by atoms with Gasteiger partial charge in [0.05, 0.1) is 0 Å². The van der Waals surface area contributed by atoms with E-state index in [0.717, 1.165) is 12.8 Å². The topological polar surface area (TPSA) is 0 Å². The molecule has 0 aliphatic heterocycles. The lowest BCUT2D eigenvalue weighted by molar-refractivity contribution is 0.411. The zero-order valence-corrected chi connectivity index (χ0v) is 20.4. The summed E-state index contributed by atoms with van der Waals surface area (Å²) in [6.45, 7) is 23.2. The van der Waals surface area contributed by atoms with Crippen LogP contribution in [0.4, 0.5) is 0 Å². The van der Waals surface area contributed by atoms with Crippen LogP contribution in [0.5, 0.6) is 0 Å². The molecular formula is C29H40. The van der Waals surface area contributed by atoms with Crippen molar-refractivity contribution in [2.45, 2.75) is 92.9 Å². The highest BCUT2D eigenvalue weighted by Crippen LogP contribution is 2.40. The molecule has 0 amide bonds. The largest absolute Gasteiger partial charge is 0.0683 e. The second-order valence-corrected chi connectivity index (χ2v) is 12.4. The van der Waals surface area contributed by atoms with Crippen molar-refractivity contribution in [2.75, 3.05) is 0 Å². The fraction of sp³-hybridized carbons (Fsp3) is 0.517. The van der Waals surface area contributed by atoms with Crippen LogP contribution in [0.1, 0.15) is 97.1 Å². The normalized spacial score (nSPS) is 14.8. The predicted octanol–water partition coefficient (Wildman–Crippen LogP) is 8.50. The van der Waals surface area contributed by atoms with E-state index in [4.69, 9.17) is 0 Å². The second kappa shape index (κ2) is 7.15. The van der Waals surface area contributed by atoms with E-state index in [0.29, 0.717) is 0 Å². The summed E-state index contributed by atoms with van der Waals surface area (Å²) >= 11 is 0. The molecule has 1 aliphatic carbocycles. The summed E-state index contributed by atoms with van der Waals surface area (Å²) in [5.74, 6) is 0. The first-order valence-corrected chi connectivity index (χ1v) is 11.1. The van der Waals surface area contributed by atoms with Crippen LogP contribution in [0.25, 0.3) is 17.2 Å². The molecule has 1 aliphatic rings. The monoisotopic (exact) mass is 388 g/mol. The van der Waals surface area contributed by atoms with E-state index in [9.17, 15) is 0 Å². The lowest BCUT2D eigenvalue weighted by atomic mass is 9.78. The van der Waals surface area contributed by atoms with Gasteiger partial charge in [-0.25, -0.2) is 0 Å². The van der Waals surface area contributed by atoms with Gasteiger partial charge >= 0.3 is 0 Å². The van der Waals surface area contributed by atoms with Gasteiger partial charge in [-0.1, -0.05) is 104 Å². The van der Waals surface area contributed by atoms with Crippen molar-refractivity contribution in [1.82, 2.24) is 0 Å². The predicted molar refractivity (Wildman–Crippen MR) is 130 cm³/mol. The van der Waals surface area contributed by atoms with Gasteiger partial charge in [0.15, 0.2) is 0 Å². The van der Waals surface area contributed by atoms with Crippen LogP contribution in [0, 0.1) is 5.41 Å². The molecule has 0 atom stereocenters. The quantitative estimate of drug-likeness (QED) is 0.484. The standard InChI is InChI=1S/C29H40/c1-19-11-21-13-20(18-27(2,3)4)14-26(25(21)12-19)22-15-23(28(5,6)7)17-24(16-22)29(8,9)10/h12-17H,11,18H2,1-10H3. The summed E-state index contributed by atoms with van der Waals surface area (Å²) in [7, 11) is 0. The fourth-order valence-corrected chi connectivity index (χ4v) is 4.30. The molecule has 156 valence electrons. The summed E-state index contributed by atoms with van der Waals surface area (Å²) in [6.07, 6.45) is 4.61. The van der Waals surface area contributed by atoms with Crippen LogP contribution in [-0.2, 0) is 23.7 Å². The van der Waals surface area contributed by atoms with Gasteiger partial charge in [-0.3, -0.25) is 0 Å². The summed E-state index contributed by atoms with van der Waals surface area (Å²) < 4.78 is 0. The third-order valence-corrected chi connectivity index (χ3v) is 5.90. The lowest BCUT2D eigenvalue weighted by Gasteiger charge is -2.27. The minimum Gasteiger partial charge on any atom is -0.0683 e. The van der Waals surface area contributed by atoms with Gasteiger partial charge in [-0.2, -0.15) is 0 Å². The van der Waals surface area contributed by atoms with Gasteiger partial charge in [0, 0.05) is 0 Å². The Hall–Kier alpha value is -1.82. The molecule has 0 saturated heterocycles. The summed E-state index contributed by atoms with van der Waals surface area (Å²) in [6, 6.07) is 12.2. The third kappa shape index (κ3) is 5.03. The summed E-state index contributed by atoms with van der Waals surface area (Å²) in [5.41, 5.74) is 12.1. The van der Waals surface area contributed by atoms with E-state index in [1.54, 1.807) is 0 Å². The Balaban J connectivity index is 2.27. The fourth-order valence-electron chi connectivity index (χ4n) is 4.30. The number of hydrogen-bond donors (Lipinski definition) is 0. The maximum absolute atomic E-state index is 2.47. The molecule has 0 N–H and O–H groups in total. The highest BCUT2D eigenvalue weighted by Gasteiger charge is 2.24. The lowest BCUT2D eigenvalue weighted by Crippen LogP contribution is -2.16. The van der Waals surface area contributed by atoms with Gasteiger partial charge in [-0.05, 0) is 75.0 Å². The number of benzene rings is 2. The minimum atomic E-state index is 0.133. The van der Waals surface area contributed by atoms with E-state index in [1.165, 1.54) is 44.5 Å². The maximum atomic E-state index is 2.47. The average molecular weight is 389 g/mol. The molecule has 0 aromatic heterocycles. The number of fused-ring (bicyclic) bond motifs is 1. The third-order valence-electron chi connectivity index (χ3n) is 5.90. The van der Waals surface area contributed by atoms with E-state index in [1.807, 2.05) is 0 Å². The smallest absolute Gasteiger partial charge is 0.00603 e. The van der Waals surface area contributed by atoms with E-state index in [2.05, 4.69) is 106 Å². The highest BCUT2D eigenvalue weighted by atomic mass is 14.3. The van der Waals surface area contributed by atoms with Crippen LogP contribution >= 0.6 is 0 Å². The highest BCUT2D eigenvalue weighted by molar-refractivity contribution is 5.82. The van der Waals surface area contributed by atoms with Crippen molar-refractivity contribution in [1.29, 1.82) is 0 Å². The Morgan fingerprint density at radius 1 is 0.724 bits per heavy atom. The first-order valence-electron chi connectivity index (χ1n) is 11.1. The van der Waals surface area contributed by atoms with Crippen molar-refractivity contribution < 1.29 is 0 Å². The summed E-state index contributed by atoms with van der Waals surface area (Å²) in [4.78, 5) is 0. The van der Waals surface area contributed by atoms with E-state index < -0.39 is 0 Å². The number of allylic oxidation sites excluding steroid dienone is 1. The van der Waals surface area contributed by atoms with Gasteiger partial charge in [0.2, 0.25) is 0 Å². The first-order chi connectivity index (χ1) is 13.1. The molecule has 0 radical (unpaired) electrons. The molecule has 0 heterocycles. The van der Waals surface area contributed by atoms with Gasteiger partial charge in [-0.15, -0.1) is 0 Å². The Morgan fingerprint density at radius 2 is 1.28 bits per heavy atom. The van der Waals surface area contributed by atoms with E-state index >= 15 is 0 Å². The summed E-state index contributed by atoms with van der Waals surface area (Å²) in [5, 5.41) is 0. The maximum Gasteiger partial charge on any atom is -0.00603 e. The van der Waals surface area contributed by atoms with Crippen LogP contribution in [-0.4, -0.2) is 0 Å². The Morgan fingerprint density at radius 3 is 1.76 bits per heavy atom. The molecule has 29 heavy (non-hydrogen) atoms. The van der Waals surface area contributed by atoms with Crippen LogP contribution in [0.3, 0.4) is 0 Å². The zero-order chi connectivity index (χ0) is 21.8. The molecule has 2 aromatic carbocycles. The molecule has 0 fully saturated rings. The molecule has 2 aromatic rings. The van der Waals surface area contributed by atoms with Crippen LogP contribution in [0.2, 0.25) is 0 Å². The van der Waals surface area contributed by atoms with Gasteiger partial charge in [0.1, 0.15) is 0 Å². The first kappa shape index (κ1) is 21.9. The molecule has 0 saturated carbocycles. The van der Waals surface area contributed by atoms with Crippen LogP contribution < -0.4 is 0 Å². The molecular weight excluding hydrogens is 348 g/mol. The minimum absolute atomic E-state index is 0.133. The Bertz CT molecular complexity index is 915. The molecule has 0 heteroatoms. The van der Waals surface area contributed by atoms with Gasteiger partial charge < -0.3 is 0 Å². The van der Waals surface area contributed by atoms with Crippen molar-refractivity contribution in [3.05, 3.63) is 63.7 Å². The molecule has 3 rings (SSSR count). The molecule has 0 nitrogen and oxygen atoms in total. The zero-order valence-electron chi connectivity index (χ0n) is 20.4. The van der Waals surface area contributed by atoms with Crippen molar-refractivity contribution >= 4 is 6.08 Å². The van der Waals surface area contributed by atoms with Crippen molar-refractivity contribution in [3.8, 4) is 11.1 Å². The number of hydrogen-bond acceptors (Lipinski definition) is 0. The SMILES string of the molecule is CC1=Cc2c(cc(CC(C)(C)C)cc2-c2cc(C(C)(C)C)cc(C(C)(C)C)c2)C1. The van der Waals surface area contributed by atoms with E-state index in [-0.39, 0.29) is 16.2 Å².